The van der Waals surface area contributed by atoms with Crippen LogP contribution in [0.15, 0.2) is 12.4 Å². The first-order valence-corrected chi connectivity index (χ1v) is 7.30. The predicted octanol–water partition coefficient (Wildman–Crippen LogP) is 1.52. The Morgan fingerprint density at radius 2 is 2.12 bits per heavy atom. The number of terminal acetylenes is 1. The van der Waals surface area contributed by atoms with E-state index in [1.54, 1.807) is 13.8 Å². The molecule has 0 bridgehead atoms. The van der Waals surface area contributed by atoms with Gasteiger partial charge in [-0.1, -0.05) is 19.8 Å². The minimum absolute atomic E-state index is 0.0274. The SMILES string of the molecule is C#C[C@H](NC(=O)NCC[C@@](O)(c1nccn1C)C(F)(F)F)C(C)C. The van der Waals surface area contributed by atoms with Gasteiger partial charge in [-0.2, -0.15) is 13.2 Å². The van der Waals surface area contributed by atoms with Crippen molar-refractivity contribution < 1.29 is 23.1 Å². The highest BCUT2D eigenvalue weighted by atomic mass is 19.4. The maximum atomic E-state index is 13.3. The fourth-order valence-corrected chi connectivity index (χ4v) is 2.09. The number of nitrogens with one attached hydrogen (secondary N) is 2. The molecule has 0 aromatic carbocycles. The third-order valence-electron chi connectivity index (χ3n) is 3.57. The normalized spacial score (nSPS) is 15.5. The Hall–Kier alpha value is -2.21. The van der Waals surface area contributed by atoms with Gasteiger partial charge in [-0.05, 0) is 5.92 Å². The third kappa shape index (κ3) is 4.41. The van der Waals surface area contributed by atoms with E-state index in [2.05, 4.69) is 21.5 Å². The zero-order valence-electron chi connectivity index (χ0n) is 13.7. The molecular weight excluding hydrogens is 325 g/mol. The molecule has 24 heavy (non-hydrogen) atoms. The van der Waals surface area contributed by atoms with Crippen LogP contribution in [0.2, 0.25) is 0 Å². The second-order valence-electron chi connectivity index (χ2n) is 5.76. The zero-order chi connectivity index (χ0) is 18.5. The van der Waals surface area contributed by atoms with E-state index in [0.717, 1.165) is 10.8 Å². The van der Waals surface area contributed by atoms with E-state index in [1.807, 2.05) is 0 Å². The highest BCUT2D eigenvalue weighted by molar-refractivity contribution is 5.74. The Bertz CT molecular complexity index is 607. The number of carbonyl (C=O) groups is 1. The van der Waals surface area contributed by atoms with Crippen LogP contribution in [-0.2, 0) is 12.6 Å². The Balaban J connectivity index is 2.74. The van der Waals surface area contributed by atoms with Crippen LogP contribution in [0, 0.1) is 18.3 Å². The van der Waals surface area contributed by atoms with Crippen LogP contribution < -0.4 is 10.6 Å². The topological polar surface area (TPSA) is 79.2 Å². The van der Waals surface area contributed by atoms with Crippen molar-refractivity contribution in [3.05, 3.63) is 18.2 Å². The highest BCUT2D eigenvalue weighted by Crippen LogP contribution is 2.40. The molecule has 1 aromatic rings. The van der Waals surface area contributed by atoms with Crippen LogP contribution in [0.1, 0.15) is 26.1 Å². The average molecular weight is 346 g/mol. The minimum atomic E-state index is -4.94. The Labute approximate surface area is 138 Å². The number of carbonyl (C=O) groups excluding carboxylic acids is 1. The summed E-state index contributed by atoms with van der Waals surface area (Å²) in [6.07, 6.45) is 2.00. The smallest absolute Gasteiger partial charge is 0.374 e. The Morgan fingerprint density at radius 3 is 2.54 bits per heavy atom. The summed E-state index contributed by atoms with van der Waals surface area (Å²) >= 11 is 0. The van der Waals surface area contributed by atoms with E-state index in [1.165, 1.54) is 13.2 Å². The van der Waals surface area contributed by atoms with E-state index >= 15 is 0 Å². The lowest BCUT2D eigenvalue weighted by atomic mass is 9.97. The fraction of sp³-hybridized carbons (Fsp3) is 0.600. The van der Waals surface area contributed by atoms with Crippen LogP contribution in [0.5, 0.6) is 0 Å². The van der Waals surface area contributed by atoms with E-state index in [9.17, 15) is 23.1 Å². The summed E-state index contributed by atoms with van der Waals surface area (Å²) in [5, 5.41) is 14.8. The van der Waals surface area contributed by atoms with Crippen LogP contribution in [0.4, 0.5) is 18.0 Å². The summed E-state index contributed by atoms with van der Waals surface area (Å²) < 4.78 is 40.9. The first-order chi connectivity index (χ1) is 11.0. The molecular formula is C15H21F3N4O2. The van der Waals surface area contributed by atoms with Crippen molar-refractivity contribution in [1.29, 1.82) is 0 Å². The predicted molar refractivity (Wildman–Crippen MR) is 81.8 cm³/mol. The lowest BCUT2D eigenvalue weighted by molar-refractivity contribution is -0.272. The number of nitrogens with zero attached hydrogens (tertiary/aromatic N) is 2. The largest absolute Gasteiger partial charge is 0.424 e. The molecule has 0 aliphatic rings. The number of amides is 2. The first kappa shape index (κ1) is 19.8. The molecule has 0 fully saturated rings. The number of hydrogen-bond donors (Lipinski definition) is 3. The molecule has 9 heteroatoms. The fourth-order valence-electron chi connectivity index (χ4n) is 2.09. The lowest BCUT2D eigenvalue weighted by Crippen LogP contribution is -2.49. The molecule has 2 atom stereocenters. The van der Waals surface area contributed by atoms with Gasteiger partial charge in [-0.3, -0.25) is 0 Å². The molecule has 1 heterocycles. The van der Waals surface area contributed by atoms with E-state index in [-0.39, 0.29) is 5.92 Å². The van der Waals surface area contributed by atoms with Gasteiger partial charge in [0, 0.05) is 32.4 Å². The molecule has 0 aliphatic heterocycles. The summed E-state index contributed by atoms with van der Waals surface area (Å²) in [5.41, 5.74) is -3.16. The van der Waals surface area contributed by atoms with Gasteiger partial charge in [0.15, 0.2) is 0 Å². The highest BCUT2D eigenvalue weighted by Gasteiger charge is 2.57. The van der Waals surface area contributed by atoms with Crippen LogP contribution in [-0.4, -0.2) is 39.5 Å². The van der Waals surface area contributed by atoms with E-state index < -0.39 is 42.6 Å². The van der Waals surface area contributed by atoms with Crippen LogP contribution >= 0.6 is 0 Å². The lowest BCUT2D eigenvalue weighted by Gasteiger charge is -2.30. The maximum absolute atomic E-state index is 13.3. The van der Waals surface area contributed by atoms with Crippen molar-refractivity contribution in [2.45, 2.75) is 38.1 Å². The monoisotopic (exact) mass is 346 g/mol. The number of aryl methyl sites for hydroxylation is 1. The molecule has 6 nitrogen and oxygen atoms in total. The molecule has 1 rings (SSSR count). The molecule has 2 amide bonds. The summed E-state index contributed by atoms with van der Waals surface area (Å²) in [4.78, 5) is 15.3. The third-order valence-corrected chi connectivity index (χ3v) is 3.57. The molecule has 134 valence electrons. The van der Waals surface area contributed by atoms with Gasteiger partial charge in [0.1, 0.15) is 5.82 Å². The van der Waals surface area contributed by atoms with Gasteiger partial charge in [0.25, 0.3) is 0 Å². The summed E-state index contributed by atoms with van der Waals surface area (Å²) in [6.45, 7) is 3.19. The minimum Gasteiger partial charge on any atom is -0.374 e. The standard InChI is InChI=1S/C15H21F3N4O2/c1-5-11(10(2)3)21-13(23)20-7-6-14(24,15(16,17)18)12-19-8-9-22(12)4/h1,8-11,24H,6-7H2,2-4H3,(H2,20,21,23)/t11-,14+/m0/s1. The molecule has 0 saturated heterocycles. The van der Waals surface area contributed by atoms with Gasteiger partial charge in [0.05, 0.1) is 6.04 Å². The molecule has 0 radical (unpaired) electrons. The molecule has 0 spiro atoms. The number of aliphatic hydroxyl groups is 1. The molecule has 0 saturated carbocycles. The summed E-state index contributed by atoms with van der Waals surface area (Å²) in [6, 6.07) is -1.24. The van der Waals surface area contributed by atoms with Gasteiger partial charge < -0.3 is 20.3 Å². The van der Waals surface area contributed by atoms with Crippen molar-refractivity contribution in [2.75, 3.05) is 6.54 Å². The van der Waals surface area contributed by atoms with Crippen LogP contribution in [0.25, 0.3) is 0 Å². The van der Waals surface area contributed by atoms with Crippen molar-refractivity contribution >= 4 is 6.03 Å². The summed E-state index contributed by atoms with van der Waals surface area (Å²) in [5.74, 6) is 1.81. The van der Waals surface area contributed by atoms with Crippen molar-refractivity contribution in [2.24, 2.45) is 13.0 Å². The van der Waals surface area contributed by atoms with Gasteiger partial charge in [-0.25, -0.2) is 9.78 Å². The number of alkyl halides is 3. The Kier molecular flexibility index (Phi) is 6.26. The number of urea groups is 1. The zero-order valence-corrected chi connectivity index (χ0v) is 13.7. The average Bonchev–Trinajstić information content (AvgIpc) is 2.89. The van der Waals surface area contributed by atoms with Gasteiger partial charge in [0.2, 0.25) is 5.60 Å². The summed E-state index contributed by atoms with van der Waals surface area (Å²) in [7, 11) is 1.35. The number of halogens is 3. The second kappa shape index (κ2) is 7.57. The van der Waals surface area contributed by atoms with Gasteiger partial charge in [-0.15, -0.1) is 6.42 Å². The number of hydrogen-bond acceptors (Lipinski definition) is 3. The number of imidazole rings is 1. The second-order valence-corrected chi connectivity index (χ2v) is 5.76. The quantitative estimate of drug-likeness (QED) is 0.684. The number of aromatic nitrogens is 2. The molecule has 0 unspecified atom stereocenters. The van der Waals surface area contributed by atoms with Crippen molar-refractivity contribution in [3.63, 3.8) is 0 Å². The number of rotatable bonds is 6. The van der Waals surface area contributed by atoms with Crippen molar-refractivity contribution in [1.82, 2.24) is 20.2 Å². The van der Waals surface area contributed by atoms with E-state index in [0.29, 0.717) is 0 Å². The van der Waals surface area contributed by atoms with Gasteiger partial charge >= 0.3 is 12.2 Å². The maximum Gasteiger partial charge on any atom is 0.424 e. The van der Waals surface area contributed by atoms with Crippen molar-refractivity contribution in [3.8, 4) is 12.3 Å². The van der Waals surface area contributed by atoms with E-state index in [4.69, 9.17) is 6.42 Å². The molecule has 3 N–H and O–H groups in total. The first-order valence-electron chi connectivity index (χ1n) is 7.30. The molecule has 1 aromatic heterocycles. The molecule has 0 aliphatic carbocycles. The van der Waals surface area contributed by atoms with Crippen LogP contribution in [0.3, 0.4) is 0 Å². The Morgan fingerprint density at radius 1 is 1.50 bits per heavy atom.